The van der Waals surface area contributed by atoms with Crippen LogP contribution in [0.5, 0.6) is 11.5 Å². The molecule has 0 bridgehead atoms. The fourth-order valence-corrected chi connectivity index (χ4v) is 6.32. The Labute approximate surface area is 231 Å². The van der Waals surface area contributed by atoms with Crippen molar-refractivity contribution in [1.82, 2.24) is 0 Å². The van der Waals surface area contributed by atoms with E-state index in [0.29, 0.717) is 0 Å². The van der Waals surface area contributed by atoms with Crippen LogP contribution in [-0.4, -0.2) is 51.7 Å². The second-order valence-corrected chi connectivity index (χ2v) is 14.2. The van der Waals surface area contributed by atoms with Crippen LogP contribution in [0.15, 0.2) is 48.5 Å². The van der Waals surface area contributed by atoms with Gasteiger partial charge < -0.3 is 57.8 Å². The van der Waals surface area contributed by atoms with Crippen LogP contribution in [-0.2, 0) is 18.3 Å². The Morgan fingerprint density at radius 2 is 0.838 bits per heavy atom. The molecule has 0 saturated carbocycles. The van der Waals surface area contributed by atoms with Crippen LogP contribution in [0.3, 0.4) is 0 Å². The number of hydrogen-bond acceptors (Lipinski definition) is 14. The van der Waals surface area contributed by atoms with Gasteiger partial charge in [-0.05, 0) is 39.5 Å². The van der Waals surface area contributed by atoms with E-state index in [9.17, 15) is 47.6 Å². The first kappa shape index (κ1) is 41.2. The summed E-state index contributed by atoms with van der Waals surface area (Å²) in [5, 5.41) is 17.4. The molecule has 2 aromatic rings. The number of hydrogen-bond donors (Lipinski definition) is 2. The van der Waals surface area contributed by atoms with Crippen LogP contribution in [0.1, 0.15) is 0 Å². The van der Waals surface area contributed by atoms with E-state index in [0.717, 1.165) is 12.1 Å². The van der Waals surface area contributed by atoms with Crippen molar-refractivity contribution in [3.05, 3.63) is 58.6 Å². The van der Waals surface area contributed by atoms with Crippen molar-refractivity contribution in [3.63, 3.8) is 0 Å². The summed E-state index contributed by atoms with van der Waals surface area (Å²) < 4.78 is 51.8. The third kappa shape index (κ3) is 13.1. The Bertz CT molecular complexity index is 1100. The zero-order chi connectivity index (χ0) is 26.5. The van der Waals surface area contributed by atoms with Crippen LogP contribution in [0.2, 0.25) is 10.0 Å². The third-order valence-electron chi connectivity index (χ3n) is 3.26. The first-order valence-corrected chi connectivity index (χ1v) is 15.4. The van der Waals surface area contributed by atoms with Crippen molar-refractivity contribution >= 4 is 83.9 Å². The molecule has 2 rings (SSSR count). The normalized spacial score (nSPS) is 15.8. The van der Waals surface area contributed by atoms with Crippen LogP contribution in [0.25, 0.3) is 0 Å². The van der Waals surface area contributed by atoms with Crippen LogP contribution >= 0.6 is 53.6 Å². The molecule has 0 spiro atoms. The van der Waals surface area contributed by atoms with Crippen molar-refractivity contribution in [2.75, 3.05) is 0 Å². The van der Waals surface area contributed by atoms with E-state index in [2.05, 4.69) is 9.05 Å². The summed E-state index contributed by atoms with van der Waals surface area (Å²) in [6.45, 7) is 0. The summed E-state index contributed by atoms with van der Waals surface area (Å²) in [7, 11) is -22.1. The average Bonchev–Trinajstić information content (AvgIpc) is 2.69. The van der Waals surface area contributed by atoms with Gasteiger partial charge in [0.15, 0.2) is 11.2 Å². The number of aliphatic hydroxyl groups excluding tert-OH is 2. The van der Waals surface area contributed by atoms with Crippen molar-refractivity contribution < 1.29 is 66.9 Å². The summed E-state index contributed by atoms with van der Waals surface area (Å²) in [4.78, 5) is 64.0. The van der Waals surface area contributed by atoms with Crippen LogP contribution in [0, 0.1) is 0 Å². The maximum atomic E-state index is 11.2. The summed E-state index contributed by atoms with van der Waals surface area (Å²) in [5.74, 6) is -0.750. The van der Waals surface area contributed by atoms with E-state index in [-0.39, 0.29) is 51.9 Å². The maximum Gasteiger partial charge on any atom is 2.00 e. The van der Waals surface area contributed by atoms with E-state index >= 15 is 0 Å². The van der Waals surface area contributed by atoms with Gasteiger partial charge in [0.25, 0.3) is 0 Å². The van der Waals surface area contributed by atoms with Gasteiger partial charge in [-0.1, -0.05) is 47.5 Å². The summed E-state index contributed by atoms with van der Waals surface area (Å²) in [5.41, 5.74) is -6.29. The van der Waals surface area contributed by atoms with Gasteiger partial charge in [0.1, 0.15) is 11.5 Å². The largest absolute Gasteiger partial charge is 2.00 e. The van der Waals surface area contributed by atoms with Gasteiger partial charge in [0.05, 0.1) is 10.0 Å². The fraction of sp³-hybridized carbons (Fsp3) is 0.143. The second kappa shape index (κ2) is 16.1. The predicted molar refractivity (Wildman–Crippen MR) is 124 cm³/mol. The average molecular weight is 626 g/mol. The van der Waals surface area contributed by atoms with Crippen molar-refractivity contribution in [2.45, 2.75) is 11.2 Å². The van der Waals surface area contributed by atoms with E-state index in [4.69, 9.17) is 33.4 Å². The smallest absolute Gasteiger partial charge is 0.809 e. The molecule has 37 heavy (non-hydrogen) atoms. The monoisotopic (exact) mass is 625 g/mol. The molecule has 0 radical (unpaired) electrons. The molecule has 0 amide bonds. The number of benzene rings is 2. The van der Waals surface area contributed by atoms with Crippen molar-refractivity contribution in [2.24, 2.45) is 0 Å². The van der Waals surface area contributed by atoms with E-state index in [1.807, 2.05) is 0 Å². The Morgan fingerprint density at radius 1 is 0.595 bits per heavy atom. The minimum absolute atomic E-state index is 0. The van der Waals surface area contributed by atoms with Gasteiger partial charge in [-0.2, -0.15) is 0 Å². The molecule has 0 aliphatic carbocycles. The maximum absolute atomic E-state index is 11.2. The van der Waals surface area contributed by atoms with Gasteiger partial charge >= 0.3 is 30.4 Å². The predicted octanol–water partition coefficient (Wildman–Crippen LogP) is -2.22. The zero-order valence-corrected chi connectivity index (χ0v) is 23.3. The van der Waals surface area contributed by atoms with E-state index in [1.165, 1.54) is 36.4 Å². The molecular weight excluding hydrogens is 614 g/mol. The standard InChI is InChI=1S/2C7H9ClO7P2.3Be/c2*8-5-3-1-2-4-6(5)15-17(13,14)7(9)16(10,11)12;;;/h2*1-4,7,9H,(H,13,14)(H2,10,11,12);;;/q;;3*+2/p-6. The molecule has 192 valence electrons. The summed E-state index contributed by atoms with van der Waals surface area (Å²) in [6, 6.07) is 10.6. The quantitative estimate of drug-likeness (QED) is 0.232. The molecule has 14 nitrogen and oxygen atoms in total. The van der Waals surface area contributed by atoms with Gasteiger partial charge in [-0.3, -0.25) is 9.13 Å². The van der Waals surface area contributed by atoms with Crippen LogP contribution in [0.4, 0.5) is 0 Å². The summed E-state index contributed by atoms with van der Waals surface area (Å²) in [6.07, 6.45) is 0. The minimum Gasteiger partial charge on any atom is -0.809 e. The molecule has 2 N–H and O–H groups in total. The molecule has 23 heteroatoms. The van der Waals surface area contributed by atoms with Crippen LogP contribution < -0.4 is 38.4 Å². The van der Waals surface area contributed by atoms with Crippen molar-refractivity contribution in [3.8, 4) is 11.5 Å². The Morgan fingerprint density at radius 3 is 1.05 bits per heavy atom. The molecule has 0 fully saturated rings. The van der Waals surface area contributed by atoms with Crippen molar-refractivity contribution in [1.29, 1.82) is 0 Å². The molecule has 0 aliphatic heterocycles. The Kier molecular flexibility index (Phi) is 17.9. The van der Waals surface area contributed by atoms with E-state index in [1.54, 1.807) is 0 Å². The first-order chi connectivity index (χ1) is 15.3. The fourth-order valence-electron chi connectivity index (χ4n) is 1.75. The second-order valence-electron chi connectivity index (χ2n) is 5.90. The zero-order valence-electron chi connectivity index (χ0n) is 18.2. The molecular formula is C14H12Be3Cl2O14P4. The Balaban J connectivity index is -0.000000578. The minimum atomic E-state index is -5.72. The van der Waals surface area contributed by atoms with Gasteiger partial charge in [0.2, 0.25) is 15.2 Å². The molecule has 2 aromatic carbocycles. The van der Waals surface area contributed by atoms with Gasteiger partial charge in [-0.15, -0.1) is 0 Å². The first-order valence-electron chi connectivity index (χ1n) is 8.18. The molecule has 4 atom stereocenters. The number of para-hydroxylation sites is 2. The molecule has 0 heterocycles. The Hall–Kier alpha value is -0.274. The number of rotatable bonds is 8. The van der Waals surface area contributed by atoms with E-state index < -0.39 is 41.6 Å². The van der Waals surface area contributed by atoms with Gasteiger partial charge in [0, 0.05) is 0 Å². The van der Waals surface area contributed by atoms with Gasteiger partial charge in [-0.25, -0.2) is 0 Å². The summed E-state index contributed by atoms with van der Waals surface area (Å²) >= 11 is 11.1. The number of halogens is 2. The number of aliphatic hydroxyl groups is 2. The molecule has 0 aromatic heterocycles. The topological polar surface area (TPSA) is 266 Å². The third-order valence-corrected chi connectivity index (χ3v) is 10.4. The molecule has 4 unspecified atom stereocenters. The molecule has 0 saturated heterocycles. The molecule has 0 aliphatic rings. The SMILES string of the molecule is O=P([O-])([O-])C(O)P(=O)([O-])Oc1ccccc1Cl.O=P([O-])([O-])C(O)P(=O)([O-])Oc1ccccc1Cl.[Be+2].[Be+2].[Be+2].